The van der Waals surface area contributed by atoms with Crippen LogP contribution in [0.25, 0.3) is 0 Å². The van der Waals surface area contributed by atoms with Gasteiger partial charge in [0.2, 0.25) is 5.91 Å². The Kier molecular flexibility index (Phi) is 6.89. The van der Waals surface area contributed by atoms with Crippen LogP contribution in [0.4, 0.5) is 0 Å². The van der Waals surface area contributed by atoms with Crippen LogP contribution in [0, 0.1) is 6.92 Å². The maximum Gasteiger partial charge on any atom is 0.244 e. The van der Waals surface area contributed by atoms with Gasteiger partial charge in [-0.2, -0.15) is 0 Å². The van der Waals surface area contributed by atoms with Crippen LogP contribution in [0.3, 0.4) is 0 Å². The highest BCUT2D eigenvalue weighted by Crippen LogP contribution is 2.14. The smallest absolute Gasteiger partial charge is 0.244 e. The van der Waals surface area contributed by atoms with Crippen molar-refractivity contribution in [3.8, 4) is 0 Å². The van der Waals surface area contributed by atoms with Crippen molar-refractivity contribution in [2.24, 2.45) is 0 Å². The summed E-state index contributed by atoms with van der Waals surface area (Å²) in [6.07, 6.45) is 2.20. The van der Waals surface area contributed by atoms with Gasteiger partial charge < -0.3 is 9.64 Å². The Labute approximate surface area is 183 Å². The van der Waals surface area contributed by atoms with Crippen molar-refractivity contribution in [1.82, 2.24) is 39.9 Å². The van der Waals surface area contributed by atoms with Crippen LogP contribution in [-0.2, 0) is 29.2 Å². The second kappa shape index (κ2) is 9.80. The average Bonchev–Trinajstić information content (AvgIpc) is 3.16. The fourth-order valence-corrected chi connectivity index (χ4v) is 4.35. The first kappa shape index (κ1) is 21.8. The number of aryl methyl sites for hydroxylation is 1. The van der Waals surface area contributed by atoms with Crippen LogP contribution in [0.1, 0.15) is 30.9 Å². The Balaban J connectivity index is 1.28. The molecule has 0 N–H and O–H groups in total. The summed E-state index contributed by atoms with van der Waals surface area (Å²) in [7, 11) is 0. The molecule has 0 spiro atoms. The van der Waals surface area contributed by atoms with E-state index in [9.17, 15) is 4.79 Å². The van der Waals surface area contributed by atoms with Gasteiger partial charge in [-0.3, -0.25) is 19.6 Å². The van der Waals surface area contributed by atoms with Crippen molar-refractivity contribution in [3.63, 3.8) is 0 Å². The molecule has 0 aliphatic carbocycles. The molecule has 168 valence electrons. The quantitative estimate of drug-likeness (QED) is 0.650. The molecule has 2 fully saturated rings. The standard InChI is InChI=1S/C21H32N8O2/c1-16-5-4-6-22-19(16)13-26-7-9-28(10-8-26)21(30)15-29-20(23-24-25-29)14-27-11-17(2)31-18(3)12-27/h4-6,17-18H,7-15H2,1-3H3/t17-,18+. The highest BCUT2D eigenvalue weighted by atomic mass is 16.5. The van der Waals surface area contributed by atoms with Gasteiger partial charge in [-0.15, -0.1) is 5.10 Å². The zero-order chi connectivity index (χ0) is 21.8. The van der Waals surface area contributed by atoms with Crippen molar-refractivity contribution in [2.75, 3.05) is 39.3 Å². The van der Waals surface area contributed by atoms with Gasteiger partial charge in [-0.05, 0) is 42.8 Å². The van der Waals surface area contributed by atoms with Crippen molar-refractivity contribution in [2.45, 2.75) is 52.6 Å². The third kappa shape index (κ3) is 5.63. The van der Waals surface area contributed by atoms with Crippen LogP contribution < -0.4 is 0 Å². The summed E-state index contributed by atoms with van der Waals surface area (Å²) in [6, 6.07) is 4.05. The number of tetrazole rings is 1. The second-order valence-corrected chi connectivity index (χ2v) is 8.63. The highest BCUT2D eigenvalue weighted by molar-refractivity contribution is 5.76. The molecule has 2 atom stereocenters. The molecule has 1 amide bonds. The highest BCUT2D eigenvalue weighted by Gasteiger charge is 2.26. The normalized spacial score (nSPS) is 23.3. The third-order valence-corrected chi connectivity index (χ3v) is 5.97. The van der Waals surface area contributed by atoms with Crippen LogP contribution in [0.15, 0.2) is 18.3 Å². The molecule has 31 heavy (non-hydrogen) atoms. The van der Waals surface area contributed by atoms with Crippen molar-refractivity contribution in [1.29, 1.82) is 0 Å². The van der Waals surface area contributed by atoms with Crippen LogP contribution in [0.5, 0.6) is 0 Å². The number of pyridine rings is 1. The molecule has 0 saturated carbocycles. The predicted molar refractivity (Wildman–Crippen MR) is 114 cm³/mol. The van der Waals surface area contributed by atoms with Gasteiger partial charge in [0, 0.05) is 52.0 Å². The SMILES string of the molecule is Cc1cccnc1CN1CCN(C(=O)Cn2nnnc2CN2C[C@@H](C)O[C@@H](C)C2)CC1. The lowest BCUT2D eigenvalue weighted by Crippen LogP contribution is -2.49. The van der Waals surface area contributed by atoms with E-state index in [0.29, 0.717) is 19.6 Å². The van der Waals surface area contributed by atoms with E-state index >= 15 is 0 Å². The topological polar surface area (TPSA) is 92.5 Å². The van der Waals surface area contributed by atoms with Gasteiger partial charge in [0.05, 0.1) is 24.4 Å². The van der Waals surface area contributed by atoms with Crippen LogP contribution in [0.2, 0.25) is 0 Å². The molecule has 0 aromatic carbocycles. The van der Waals surface area contributed by atoms with Gasteiger partial charge in [0.25, 0.3) is 0 Å². The first-order valence-corrected chi connectivity index (χ1v) is 11.0. The Morgan fingerprint density at radius 3 is 2.55 bits per heavy atom. The molecule has 0 bridgehead atoms. The molecule has 10 heteroatoms. The monoisotopic (exact) mass is 428 g/mol. The van der Waals surface area contributed by atoms with Crippen molar-refractivity contribution < 1.29 is 9.53 Å². The fraction of sp³-hybridized carbons (Fsp3) is 0.667. The Hall–Kier alpha value is -2.43. The summed E-state index contributed by atoms with van der Waals surface area (Å²) in [5.74, 6) is 0.782. The number of amides is 1. The summed E-state index contributed by atoms with van der Waals surface area (Å²) in [4.78, 5) is 23.9. The van der Waals surface area contributed by atoms with E-state index in [1.54, 1.807) is 4.68 Å². The molecular weight excluding hydrogens is 396 g/mol. The summed E-state index contributed by atoms with van der Waals surface area (Å²) < 4.78 is 7.43. The van der Waals surface area contributed by atoms with Gasteiger partial charge >= 0.3 is 0 Å². The van der Waals surface area contributed by atoms with E-state index in [4.69, 9.17) is 4.74 Å². The lowest BCUT2D eigenvalue weighted by molar-refractivity contribution is -0.134. The molecule has 2 aromatic rings. The van der Waals surface area contributed by atoms with E-state index in [1.807, 2.05) is 17.2 Å². The second-order valence-electron chi connectivity index (χ2n) is 8.63. The molecule has 2 aliphatic heterocycles. The van der Waals surface area contributed by atoms with E-state index in [-0.39, 0.29) is 24.7 Å². The van der Waals surface area contributed by atoms with Crippen LogP contribution in [-0.4, -0.2) is 97.3 Å². The number of hydrogen-bond acceptors (Lipinski definition) is 8. The molecule has 2 saturated heterocycles. The number of carbonyl (C=O) groups is 1. The zero-order valence-electron chi connectivity index (χ0n) is 18.6. The van der Waals surface area contributed by atoms with Crippen molar-refractivity contribution >= 4 is 5.91 Å². The molecule has 10 nitrogen and oxygen atoms in total. The molecule has 2 aromatic heterocycles. The first-order valence-electron chi connectivity index (χ1n) is 11.0. The fourth-order valence-electron chi connectivity index (χ4n) is 4.35. The Morgan fingerprint density at radius 2 is 1.84 bits per heavy atom. The van der Waals surface area contributed by atoms with Crippen LogP contribution >= 0.6 is 0 Å². The maximum atomic E-state index is 12.9. The average molecular weight is 429 g/mol. The Morgan fingerprint density at radius 1 is 1.10 bits per heavy atom. The molecule has 4 heterocycles. The molecule has 0 radical (unpaired) electrons. The maximum absolute atomic E-state index is 12.9. The minimum Gasteiger partial charge on any atom is -0.373 e. The summed E-state index contributed by atoms with van der Waals surface area (Å²) >= 11 is 0. The first-order chi connectivity index (χ1) is 15.0. The molecular formula is C21H32N8O2. The number of piperazine rings is 1. The summed E-state index contributed by atoms with van der Waals surface area (Å²) in [5, 5.41) is 12.0. The summed E-state index contributed by atoms with van der Waals surface area (Å²) in [5.41, 5.74) is 2.31. The molecule has 2 aliphatic rings. The largest absolute Gasteiger partial charge is 0.373 e. The number of aromatic nitrogens is 5. The minimum atomic E-state index is 0.0610. The molecule has 4 rings (SSSR count). The predicted octanol–water partition coefficient (Wildman–Crippen LogP) is 0.330. The number of ether oxygens (including phenoxy) is 1. The lowest BCUT2D eigenvalue weighted by atomic mass is 10.2. The Bertz CT molecular complexity index is 870. The number of nitrogens with zero attached hydrogens (tertiary/aromatic N) is 8. The molecule has 0 unspecified atom stereocenters. The number of hydrogen-bond donors (Lipinski definition) is 0. The van der Waals surface area contributed by atoms with E-state index < -0.39 is 0 Å². The lowest BCUT2D eigenvalue weighted by Gasteiger charge is -2.35. The van der Waals surface area contributed by atoms with E-state index in [0.717, 1.165) is 44.2 Å². The number of carbonyl (C=O) groups excluding carboxylic acids is 1. The van der Waals surface area contributed by atoms with E-state index in [2.05, 4.69) is 57.1 Å². The van der Waals surface area contributed by atoms with E-state index in [1.165, 1.54) is 5.56 Å². The van der Waals surface area contributed by atoms with Crippen molar-refractivity contribution in [3.05, 3.63) is 35.4 Å². The number of morpholine rings is 1. The number of rotatable bonds is 6. The van der Waals surface area contributed by atoms with Gasteiger partial charge in [-0.1, -0.05) is 6.07 Å². The van der Waals surface area contributed by atoms with Gasteiger partial charge in [-0.25, -0.2) is 4.68 Å². The minimum absolute atomic E-state index is 0.0610. The van der Waals surface area contributed by atoms with Gasteiger partial charge in [0.1, 0.15) is 6.54 Å². The zero-order valence-corrected chi connectivity index (χ0v) is 18.6. The van der Waals surface area contributed by atoms with Gasteiger partial charge in [0.15, 0.2) is 5.82 Å². The third-order valence-electron chi connectivity index (χ3n) is 5.97. The summed E-state index contributed by atoms with van der Waals surface area (Å²) in [6.45, 7) is 12.6.